The Morgan fingerprint density at radius 2 is 1.70 bits per heavy atom. The average molecular weight is 276 g/mol. The third kappa shape index (κ3) is 5.64. The van der Waals surface area contributed by atoms with Gasteiger partial charge >= 0.3 is 0 Å². The van der Waals surface area contributed by atoms with Crippen molar-refractivity contribution >= 4 is 0 Å². The standard InChI is InChI=1S/C18H32N2/c1-7-13-19-17(12-14-20(5)6)15-8-10-16(11-9-15)18(2,3)4/h8-11,17,19H,7,12-14H2,1-6H3. The van der Waals surface area contributed by atoms with E-state index in [1.54, 1.807) is 0 Å². The molecule has 0 radical (unpaired) electrons. The molecule has 1 aromatic carbocycles. The van der Waals surface area contributed by atoms with Gasteiger partial charge in [0, 0.05) is 6.04 Å². The summed E-state index contributed by atoms with van der Waals surface area (Å²) in [5.41, 5.74) is 3.05. The molecule has 0 saturated carbocycles. The van der Waals surface area contributed by atoms with Crippen LogP contribution in [0.3, 0.4) is 0 Å². The SMILES string of the molecule is CCCNC(CCN(C)C)c1ccc(C(C)(C)C)cc1. The summed E-state index contributed by atoms with van der Waals surface area (Å²) in [6, 6.07) is 9.62. The van der Waals surface area contributed by atoms with Crippen molar-refractivity contribution < 1.29 is 0 Å². The van der Waals surface area contributed by atoms with Crippen molar-refractivity contribution in [3.05, 3.63) is 35.4 Å². The fraction of sp³-hybridized carbons (Fsp3) is 0.667. The van der Waals surface area contributed by atoms with Crippen molar-refractivity contribution in [3.8, 4) is 0 Å². The van der Waals surface area contributed by atoms with Gasteiger partial charge in [-0.3, -0.25) is 0 Å². The molecule has 1 aromatic rings. The Kier molecular flexibility index (Phi) is 6.70. The Hall–Kier alpha value is -0.860. The summed E-state index contributed by atoms with van der Waals surface area (Å²) in [7, 11) is 4.28. The molecule has 0 heterocycles. The van der Waals surface area contributed by atoms with E-state index < -0.39 is 0 Å². The molecule has 0 fully saturated rings. The molecule has 114 valence electrons. The Labute approximate surface area is 125 Å². The van der Waals surface area contributed by atoms with Gasteiger partial charge in [0.15, 0.2) is 0 Å². The third-order valence-electron chi connectivity index (χ3n) is 3.68. The third-order valence-corrected chi connectivity index (χ3v) is 3.68. The molecule has 1 rings (SSSR count). The second-order valence-electron chi connectivity index (χ2n) is 6.97. The van der Waals surface area contributed by atoms with E-state index in [0.29, 0.717) is 6.04 Å². The lowest BCUT2D eigenvalue weighted by Gasteiger charge is -2.23. The van der Waals surface area contributed by atoms with Crippen molar-refractivity contribution in [1.82, 2.24) is 10.2 Å². The predicted octanol–water partition coefficient (Wildman–Crippen LogP) is 3.98. The molecular weight excluding hydrogens is 244 g/mol. The Bertz CT molecular complexity index is 373. The monoisotopic (exact) mass is 276 g/mol. The number of nitrogens with one attached hydrogen (secondary N) is 1. The van der Waals surface area contributed by atoms with E-state index in [2.05, 4.69) is 76.3 Å². The molecule has 1 atom stereocenters. The van der Waals surface area contributed by atoms with Gasteiger partial charge in [0.05, 0.1) is 0 Å². The molecule has 2 nitrogen and oxygen atoms in total. The van der Waals surface area contributed by atoms with Crippen LogP contribution in [0.4, 0.5) is 0 Å². The minimum absolute atomic E-state index is 0.231. The summed E-state index contributed by atoms with van der Waals surface area (Å²) in [5.74, 6) is 0. The highest BCUT2D eigenvalue weighted by molar-refractivity contribution is 5.29. The van der Waals surface area contributed by atoms with Gasteiger partial charge in [0.2, 0.25) is 0 Å². The highest BCUT2D eigenvalue weighted by Gasteiger charge is 2.15. The second kappa shape index (κ2) is 7.80. The fourth-order valence-electron chi connectivity index (χ4n) is 2.31. The van der Waals surface area contributed by atoms with Crippen LogP contribution in [-0.2, 0) is 5.41 Å². The van der Waals surface area contributed by atoms with Crippen LogP contribution < -0.4 is 5.32 Å². The molecule has 1 N–H and O–H groups in total. The molecule has 0 amide bonds. The van der Waals surface area contributed by atoms with E-state index in [1.807, 2.05) is 0 Å². The maximum Gasteiger partial charge on any atom is 0.0332 e. The Balaban J connectivity index is 2.79. The maximum absolute atomic E-state index is 3.67. The summed E-state index contributed by atoms with van der Waals surface area (Å²) < 4.78 is 0. The van der Waals surface area contributed by atoms with E-state index in [-0.39, 0.29) is 5.41 Å². The first-order chi connectivity index (χ1) is 9.34. The van der Waals surface area contributed by atoms with E-state index in [1.165, 1.54) is 17.5 Å². The first kappa shape index (κ1) is 17.2. The highest BCUT2D eigenvalue weighted by Crippen LogP contribution is 2.25. The van der Waals surface area contributed by atoms with Crippen molar-refractivity contribution in [2.75, 3.05) is 27.2 Å². The largest absolute Gasteiger partial charge is 0.310 e. The normalized spacial score (nSPS) is 13.8. The van der Waals surface area contributed by atoms with Crippen LogP contribution in [0.2, 0.25) is 0 Å². The molecular formula is C18H32N2. The molecule has 0 aromatic heterocycles. The predicted molar refractivity (Wildman–Crippen MR) is 89.3 cm³/mol. The minimum Gasteiger partial charge on any atom is -0.310 e. The minimum atomic E-state index is 0.231. The topological polar surface area (TPSA) is 15.3 Å². The van der Waals surface area contributed by atoms with E-state index in [0.717, 1.165) is 19.5 Å². The zero-order valence-electron chi connectivity index (χ0n) is 14.2. The van der Waals surface area contributed by atoms with Crippen molar-refractivity contribution in [3.63, 3.8) is 0 Å². The Morgan fingerprint density at radius 3 is 2.15 bits per heavy atom. The molecule has 0 aliphatic carbocycles. The molecule has 0 aliphatic rings. The fourth-order valence-corrected chi connectivity index (χ4v) is 2.31. The molecule has 20 heavy (non-hydrogen) atoms. The van der Waals surface area contributed by atoms with Gasteiger partial charge < -0.3 is 10.2 Å². The number of nitrogens with zero attached hydrogens (tertiary/aromatic N) is 1. The van der Waals surface area contributed by atoms with Crippen LogP contribution >= 0.6 is 0 Å². The van der Waals surface area contributed by atoms with Crippen LogP contribution in [0.5, 0.6) is 0 Å². The molecule has 2 heteroatoms. The smallest absolute Gasteiger partial charge is 0.0332 e. The van der Waals surface area contributed by atoms with E-state index in [9.17, 15) is 0 Å². The van der Waals surface area contributed by atoms with Crippen LogP contribution in [0.25, 0.3) is 0 Å². The summed E-state index contributed by atoms with van der Waals surface area (Å²) in [4.78, 5) is 2.25. The van der Waals surface area contributed by atoms with Gasteiger partial charge in [-0.1, -0.05) is 52.0 Å². The molecule has 1 unspecified atom stereocenters. The van der Waals surface area contributed by atoms with Gasteiger partial charge in [-0.05, 0) is 56.6 Å². The van der Waals surface area contributed by atoms with Crippen LogP contribution in [0.15, 0.2) is 24.3 Å². The highest BCUT2D eigenvalue weighted by atomic mass is 15.1. The van der Waals surface area contributed by atoms with Crippen molar-refractivity contribution in [1.29, 1.82) is 0 Å². The maximum atomic E-state index is 3.67. The summed E-state index contributed by atoms with van der Waals surface area (Å²) >= 11 is 0. The van der Waals surface area contributed by atoms with Gasteiger partial charge in [0.1, 0.15) is 0 Å². The average Bonchev–Trinajstić information content (AvgIpc) is 2.38. The van der Waals surface area contributed by atoms with E-state index in [4.69, 9.17) is 0 Å². The van der Waals surface area contributed by atoms with Gasteiger partial charge in [0.25, 0.3) is 0 Å². The number of rotatable bonds is 7. The Morgan fingerprint density at radius 1 is 1.10 bits per heavy atom. The lowest BCUT2D eigenvalue weighted by molar-refractivity contribution is 0.361. The van der Waals surface area contributed by atoms with Gasteiger partial charge in [-0.25, -0.2) is 0 Å². The quantitative estimate of drug-likeness (QED) is 0.810. The van der Waals surface area contributed by atoms with Crippen LogP contribution in [0.1, 0.15) is 57.7 Å². The second-order valence-corrected chi connectivity index (χ2v) is 6.97. The summed E-state index contributed by atoms with van der Waals surface area (Å²) in [6.45, 7) is 11.2. The molecule has 0 aliphatic heterocycles. The lowest BCUT2D eigenvalue weighted by atomic mass is 9.86. The first-order valence-corrected chi connectivity index (χ1v) is 7.83. The van der Waals surface area contributed by atoms with Crippen LogP contribution in [-0.4, -0.2) is 32.1 Å². The van der Waals surface area contributed by atoms with Crippen molar-refractivity contribution in [2.45, 2.75) is 52.0 Å². The van der Waals surface area contributed by atoms with Crippen LogP contribution in [0, 0.1) is 0 Å². The number of hydrogen-bond acceptors (Lipinski definition) is 2. The van der Waals surface area contributed by atoms with Gasteiger partial charge in [-0.15, -0.1) is 0 Å². The van der Waals surface area contributed by atoms with E-state index >= 15 is 0 Å². The molecule has 0 saturated heterocycles. The zero-order chi connectivity index (χ0) is 15.2. The van der Waals surface area contributed by atoms with Crippen molar-refractivity contribution in [2.24, 2.45) is 0 Å². The number of hydrogen-bond donors (Lipinski definition) is 1. The first-order valence-electron chi connectivity index (χ1n) is 7.83. The van der Waals surface area contributed by atoms with Gasteiger partial charge in [-0.2, -0.15) is 0 Å². The number of benzene rings is 1. The summed E-state index contributed by atoms with van der Waals surface area (Å²) in [5, 5.41) is 3.67. The summed E-state index contributed by atoms with van der Waals surface area (Å²) in [6.07, 6.45) is 2.33. The molecule has 0 spiro atoms. The molecule has 0 bridgehead atoms. The zero-order valence-corrected chi connectivity index (χ0v) is 14.2. The lowest BCUT2D eigenvalue weighted by Crippen LogP contribution is -2.26.